The van der Waals surface area contributed by atoms with Crippen LogP contribution in [0.15, 0.2) is 44.6 Å². The number of rotatable bonds is 10. The largest absolute Gasteiger partial charge is 0.398 e. The van der Waals surface area contributed by atoms with E-state index < -0.39 is 6.55 Å². The van der Waals surface area contributed by atoms with Crippen LogP contribution in [-0.4, -0.2) is 56.3 Å². The van der Waals surface area contributed by atoms with Crippen LogP contribution in [-0.2, 0) is 9.53 Å². The van der Waals surface area contributed by atoms with Gasteiger partial charge in [0.15, 0.2) is 10.8 Å². The van der Waals surface area contributed by atoms with Crippen molar-refractivity contribution in [2.45, 2.75) is 19.0 Å². The molecule has 27 heavy (non-hydrogen) atoms. The number of methoxy groups -OCH3 is 1. The van der Waals surface area contributed by atoms with Crippen molar-refractivity contribution >= 4 is 29.8 Å². The first-order valence-electron chi connectivity index (χ1n) is 7.94. The summed E-state index contributed by atoms with van der Waals surface area (Å²) in [5, 5.41) is 8.40. The molecular formula is C16H20F2N6O2S. The maximum absolute atomic E-state index is 12.2. The molecule has 1 atom stereocenters. The SMILES string of the molecule is COCC(CC1=C(C(N)=CC=NC(F)F)CN=C(c2nccs2)N1)NC=O. The number of carbonyl (C=O) groups is 1. The summed E-state index contributed by atoms with van der Waals surface area (Å²) in [7, 11) is 1.53. The summed E-state index contributed by atoms with van der Waals surface area (Å²) in [5.74, 6) is 0.583. The molecule has 8 nitrogen and oxygen atoms in total. The molecule has 0 bridgehead atoms. The van der Waals surface area contributed by atoms with Crippen LogP contribution in [0.3, 0.4) is 0 Å². The van der Waals surface area contributed by atoms with Crippen molar-refractivity contribution in [2.75, 3.05) is 20.3 Å². The highest BCUT2D eigenvalue weighted by Gasteiger charge is 2.22. The fraction of sp³-hybridized carbons (Fsp3) is 0.375. The standard InChI is InChI=1S/C16H20F2N6O2S/c1-26-8-10(23-9-25)6-13-11(12(19)2-3-21-16(17)18)7-22-14(24-13)15-20-4-5-27-15/h2-5,9-10,16H,6-8,19H2,1H3,(H,22,24)(H,23,25). The lowest BCUT2D eigenvalue weighted by Gasteiger charge is -2.25. The fourth-order valence-corrected chi connectivity index (χ4v) is 3.01. The van der Waals surface area contributed by atoms with E-state index in [-0.39, 0.29) is 24.9 Å². The van der Waals surface area contributed by atoms with Gasteiger partial charge in [0, 0.05) is 48.3 Å². The number of allylic oxidation sites excluding steroid dienone is 1. The third-order valence-electron chi connectivity index (χ3n) is 3.59. The molecule has 1 amide bonds. The topological polar surface area (TPSA) is 114 Å². The van der Waals surface area contributed by atoms with E-state index in [1.165, 1.54) is 24.5 Å². The van der Waals surface area contributed by atoms with E-state index in [0.717, 1.165) is 6.21 Å². The number of carbonyl (C=O) groups excluding carboxylic acids is 1. The van der Waals surface area contributed by atoms with Crippen molar-refractivity contribution in [2.24, 2.45) is 15.7 Å². The van der Waals surface area contributed by atoms with Crippen LogP contribution >= 0.6 is 11.3 Å². The molecule has 0 aromatic carbocycles. The van der Waals surface area contributed by atoms with Crippen LogP contribution in [0.25, 0.3) is 0 Å². The molecule has 4 N–H and O–H groups in total. The molecule has 0 aliphatic carbocycles. The second kappa shape index (κ2) is 10.5. The summed E-state index contributed by atoms with van der Waals surface area (Å²) in [4.78, 5) is 22.5. The fourth-order valence-electron chi connectivity index (χ4n) is 2.41. The van der Waals surface area contributed by atoms with Crippen molar-refractivity contribution in [3.8, 4) is 0 Å². The number of nitrogens with one attached hydrogen (secondary N) is 2. The number of amides is 1. The van der Waals surface area contributed by atoms with Gasteiger partial charge in [-0.2, -0.15) is 8.78 Å². The van der Waals surface area contributed by atoms with Crippen LogP contribution < -0.4 is 16.4 Å². The Hall–Kier alpha value is -2.66. The first kappa shape index (κ1) is 20.6. The van der Waals surface area contributed by atoms with Gasteiger partial charge in [0.05, 0.1) is 19.2 Å². The second-order valence-electron chi connectivity index (χ2n) is 5.42. The quantitative estimate of drug-likeness (QED) is 0.310. The minimum atomic E-state index is -2.80. The van der Waals surface area contributed by atoms with Gasteiger partial charge >= 0.3 is 6.55 Å². The van der Waals surface area contributed by atoms with Crippen LogP contribution in [0.4, 0.5) is 8.78 Å². The van der Waals surface area contributed by atoms with Gasteiger partial charge < -0.3 is 21.1 Å². The smallest absolute Gasteiger partial charge is 0.331 e. The van der Waals surface area contributed by atoms with Gasteiger partial charge in [0.1, 0.15) is 0 Å². The number of halogens is 2. The molecule has 1 aromatic rings. The number of aliphatic imine (C=N–C) groups is 2. The number of thiazole rings is 1. The average molecular weight is 398 g/mol. The lowest BCUT2D eigenvalue weighted by atomic mass is 10.0. The van der Waals surface area contributed by atoms with Crippen LogP contribution in [0.1, 0.15) is 11.4 Å². The van der Waals surface area contributed by atoms with Gasteiger partial charge in [-0.05, 0) is 6.08 Å². The lowest BCUT2D eigenvalue weighted by Crippen LogP contribution is -2.38. The van der Waals surface area contributed by atoms with Crippen LogP contribution in [0, 0.1) is 0 Å². The molecule has 1 aliphatic rings. The number of nitrogens with zero attached hydrogens (tertiary/aromatic N) is 3. The Morgan fingerprint density at radius 1 is 1.59 bits per heavy atom. The Labute approximate surface area is 158 Å². The van der Waals surface area contributed by atoms with E-state index in [1.54, 1.807) is 6.20 Å². The molecule has 0 radical (unpaired) electrons. The van der Waals surface area contributed by atoms with E-state index >= 15 is 0 Å². The van der Waals surface area contributed by atoms with Crippen molar-refractivity contribution in [1.29, 1.82) is 0 Å². The molecule has 1 aromatic heterocycles. The van der Waals surface area contributed by atoms with Crippen LogP contribution in [0.2, 0.25) is 0 Å². The highest BCUT2D eigenvalue weighted by atomic mass is 32.1. The van der Waals surface area contributed by atoms with Crippen LogP contribution in [0.5, 0.6) is 0 Å². The molecule has 1 aliphatic heterocycles. The minimum Gasteiger partial charge on any atom is -0.398 e. The van der Waals surface area contributed by atoms with Gasteiger partial charge in [0.2, 0.25) is 6.41 Å². The van der Waals surface area contributed by atoms with Crippen molar-refractivity contribution < 1.29 is 18.3 Å². The zero-order valence-electron chi connectivity index (χ0n) is 14.6. The zero-order valence-corrected chi connectivity index (χ0v) is 15.4. The molecule has 0 saturated heterocycles. The number of ether oxygens (including phenoxy) is 1. The van der Waals surface area contributed by atoms with Crippen molar-refractivity contribution in [1.82, 2.24) is 15.6 Å². The predicted octanol–water partition coefficient (Wildman–Crippen LogP) is 1.03. The van der Waals surface area contributed by atoms with E-state index in [1.807, 2.05) is 5.38 Å². The maximum atomic E-state index is 12.2. The van der Waals surface area contributed by atoms with Gasteiger partial charge in [-0.15, -0.1) is 11.3 Å². The van der Waals surface area contributed by atoms with E-state index in [2.05, 4.69) is 25.6 Å². The van der Waals surface area contributed by atoms with Gasteiger partial charge in [-0.1, -0.05) is 0 Å². The number of aromatic nitrogens is 1. The third-order valence-corrected chi connectivity index (χ3v) is 4.37. The number of alkyl halides is 2. The molecule has 0 saturated carbocycles. The number of nitrogens with two attached hydrogens (primary N) is 1. The van der Waals surface area contributed by atoms with E-state index in [4.69, 9.17) is 10.5 Å². The predicted molar refractivity (Wildman–Crippen MR) is 99.9 cm³/mol. The van der Waals surface area contributed by atoms with E-state index in [0.29, 0.717) is 34.9 Å². The summed E-state index contributed by atoms with van der Waals surface area (Å²) in [6.45, 7) is -2.27. The van der Waals surface area contributed by atoms with Gasteiger partial charge in [-0.3, -0.25) is 9.79 Å². The number of hydrogen-bond donors (Lipinski definition) is 3. The summed E-state index contributed by atoms with van der Waals surface area (Å²) < 4.78 is 29.5. The Bertz CT molecular complexity index is 746. The molecule has 2 heterocycles. The second-order valence-corrected chi connectivity index (χ2v) is 6.32. The Balaban J connectivity index is 2.28. The van der Waals surface area contributed by atoms with Crippen molar-refractivity contribution in [3.63, 3.8) is 0 Å². The minimum absolute atomic E-state index is 0.239. The highest BCUT2D eigenvalue weighted by molar-refractivity contribution is 7.11. The number of hydrogen-bond acceptors (Lipinski definition) is 8. The summed E-state index contributed by atoms with van der Waals surface area (Å²) in [6, 6.07) is -0.303. The molecule has 1 unspecified atom stereocenters. The first-order chi connectivity index (χ1) is 13.0. The molecule has 2 rings (SSSR count). The lowest BCUT2D eigenvalue weighted by molar-refractivity contribution is -0.110. The Morgan fingerprint density at radius 2 is 2.41 bits per heavy atom. The monoisotopic (exact) mass is 398 g/mol. The maximum Gasteiger partial charge on any atom is 0.331 e. The average Bonchev–Trinajstić information content (AvgIpc) is 3.16. The third kappa shape index (κ3) is 6.22. The zero-order chi connectivity index (χ0) is 19.6. The molecule has 0 fully saturated rings. The van der Waals surface area contributed by atoms with E-state index in [9.17, 15) is 13.6 Å². The molecule has 0 spiro atoms. The highest BCUT2D eigenvalue weighted by Crippen LogP contribution is 2.20. The first-order valence-corrected chi connectivity index (χ1v) is 8.82. The normalized spacial score (nSPS) is 16.4. The van der Waals surface area contributed by atoms with Crippen molar-refractivity contribution in [3.05, 3.63) is 39.6 Å². The van der Waals surface area contributed by atoms with Gasteiger partial charge in [-0.25, -0.2) is 9.98 Å². The summed E-state index contributed by atoms with van der Waals surface area (Å²) in [5.41, 5.74) is 7.62. The van der Waals surface area contributed by atoms with Gasteiger partial charge in [0.25, 0.3) is 0 Å². The Morgan fingerprint density at radius 3 is 3.04 bits per heavy atom. The molecule has 146 valence electrons. The number of amidine groups is 1. The summed E-state index contributed by atoms with van der Waals surface area (Å²) >= 11 is 1.42. The molecular weight excluding hydrogens is 378 g/mol. The Kier molecular flexibility index (Phi) is 8.01. The summed E-state index contributed by atoms with van der Waals surface area (Å²) in [6.07, 6.45) is 4.90. The molecule has 11 heteroatoms.